The third-order valence-electron chi connectivity index (χ3n) is 1.41. The molecule has 0 aliphatic carbocycles. The van der Waals surface area contributed by atoms with E-state index in [0.717, 1.165) is 0 Å². The van der Waals surface area contributed by atoms with Crippen molar-refractivity contribution in [3.8, 4) is 0 Å². The number of hydrogen-bond donors (Lipinski definition) is 1. The van der Waals surface area contributed by atoms with Gasteiger partial charge >= 0.3 is 0 Å². The molecule has 0 aliphatic heterocycles. The van der Waals surface area contributed by atoms with Crippen molar-refractivity contribution in [2.24, 2.45) is 0 Å². The minimum absolute atomic E-state index is 0.155. The fraction of sp³-hybridized carbons (Fsp3) is 0.778. The standard InChI is InChI=1S/C9H16Cl2O3/c1-2-3-13-7-9(5-11)14-6-8(12)4-10/h2,8-9,12H,1,3-7H2/t8-,9-/m1/s1. The van der Waals surface area contributed by atoms with Crippen molar-refractivity contribution >= 4 is 23.2 Å². The lowest BCUT2D eigenvalue weighted by atomic mass is 10.4. The number of aliphatic hydroxyl groups excluding tert-OH is 1. The third kappa shape index (κ3) is 7.59. The molecule has 84 valence electrons. The van der Waals surface area contributed by atoms with Crippen LogP contribution in [-0.4, -0.2) is 48.9 Å². The second-order valence-electron chi connectivity index (χ2n) is 2.74. The molecule has 0 saturated carbocycles. The van der Waals surface area contributed by atoms with Gasteiger partial charge in [0.05, 0.1) is 43.8 Å². The zero-order chi connectivity index (χ0) is 10.8. The van der Waals surface area contributed by atoms with E-state index in [1.807, 2.05) is 0 Å². The van der Waals surface area contributed by atoms with Crippen LogP contribution in [0.5, 0.6) is 0 Å². The predicted molar refractivity (Wildman–Crippen MR) is 58.2 cm³/mol. The summed E-state index contributed by atoms with van der Waals surface area (Å²) in [5, 5.41) is 9.12. The number of rotatable bonds is 9. The zero-order valence-corrected chi connectivity index (χ0v) is 9.51. The van der Waals surface area contributed by atoms with E-state index >= 15 is 0 Å². The van der Waals surface area contributed by atoms with Gasteiger partial charge in [-0.05, 0) is 0 Å². The molecule has 0 aromatic carbocycles. The summed E-state index contributed by atoms with van der Waals surface area (Å²) in [5.74, 6) is 0.481. The molecule has 0 bridgehead atoms. The average molecular weight is 243 g/mol. The number of halogens is 2. The molecule has 0 saturated heterocycles. The Bertz CT molecular complexity index is 144. The summed E-state index contributed by atoms with van der Waals surface area (Å²) in [6, 6.07) is 0. The van der Waals surface area contributed by atoms with Crippen molar-refractivity contribution < 1.29 is 14.6 Å². The summed E-state index contributed by atoms with van der Waals surface area (Å²) >= 11 is 11.0. The van der Waals surface area contributed by atoms with Crippen molar-refractivity contribution in [3.05, 3.63) is 12.7 Å². The van der Waals surface area contributed by atoms with Gasteiger partial charge in [0, 0.05) is 0 Å². The molecule has 0 amide bonds. The van der Waals surface area contributed by atoms with Crippen molar-refractivity contribution in [1.29, 1.82) is 0 Å². The highest BCUT2D eigenvalue weighted by Gasteiger charge is 2.10. The molecule has 0 radical (unpaired) electrons. The van der Waals surface area contributed by atoms with Gasteiger partial charge in [0.25, 0.3) is 0 Å². The minimum atomic E-state index is -0.651. The summed E-state index contributed by atoms with van der Waals surface area (Å²) in [7, 11) is 0. The van der Waals surface area contributed by atoms with Crippen LogP contribution in [-0.2, 0) is 9.47 Å². The molecular formula is C9H16Cl2O3. The normalized spacial score (nSPS) is 15.1. The fourth-order valence-electron chi connectivity index (χ4n) is 0.712. The lowest BCUT2D eigenvalue weighted by molar-refractivity contribution is -0.0296. The van der Waals surface area contributed by atoms with Gasteiger partial charge in [-0.3, -0.25) is 0 Å². The molecule has 3 nitrogen and oxygen atoms in total. The van der Waals surface area contributed by atoms with E-state index in [0.29, 0.717) is 19.1 Å². The van der Waals surface area contributed by atoms with E-state index in [4.69, 9.17) is 37.8 Å². The molecular weight excluding hydrogens is 227 g/mol. The van der Waals surface area contributed by atoms with E-state index in [9.17, 15) is 0 Å². The van der Waals surface area contributed by atoms with E-state index < -0.39 is 6.10 Å². The maximum atomic E-state index is 9.12. The topological polar surface area (TPSA) is 38.7 Å². The Hall–Kier alpha value is 0.200. The molecule has 1 N–H and O–H groups in total. The van der Waals surface area contributed by atoms with Crippen LogP contribution < -0.4 is 0 Å². The van der Waals surface area contributed by atoms with Crippen LogP contribution in [0.25, 0.3) is 0 Å². The molecule has 0 fully saturated rings. The van der Waals surface area contributed by atoms with Gasteiger partial charge in [0.2, 0.25) is 0 Å². The van der Waals surface area contributed by atoms with Crippen LogP contribution in [0, 0.1) is 0 Å². The SMILES string of the molecule is C=CCOC[C@@H](CCl)OC[C@H](O)CCl. The first-order chi connectivity index (χ1) is 6.74. The van der Waals surface area contributed by atoms with E-state index in [1.165, 1.54) is 0 Å². The van der Waals surface area contributed by atoms with Crippen LogP contribution in [0.2, 0.25) is 0 Å². The second-order valence-corrected chi connectivity index (χ2v) is 3.36. The largest absolute Gasteiger partial charge is 0.389 e. The monoisotopic (exact) mass is 242 g/mol. The Kier molecular flexibility index (Phi) is 9.88. The smallest absolute Gasteiger partial charge is 0.0944 e. The molecule has 0 rings (SSSR count). The Morgan fingerprint density at radius 1 is 1.29 bits per heavy atom. The fourth-order valence-corrected chi connectivity index (χ4v) is 0.979. The molecule has 0 aliphatic rings. The molecule has 0 unspecified atom stereocenters. The maximum Gasteiger partial charge on any atom is 0.0944 e. The van der Waals surface area contributed by atoms with Crippen molar-refractivity contribution in [2.75, 3.05) is 31.6 Å². The van der Waals surface area contributed by atoms with E-state index in [2.05, 4.69) is 6.58 Å². The Morgan fingerprint density at radius 2 is 2.00 bits per heavy atom. The number of aliphatic hydroxyl groups is 1. The van der Waals surface area contributed by atoms with E-state index in [-0.39, 0.29) is 18.6 Å². The van der Waals surface area contributed by atoms with Crippen LogP contribution in [0.3, 0.4) is 0 Å². The Balaban J connectivity index is 3.51. The maximum absolute atomic E-state index is 9.12. The number of alkyl halides is 2. The lowest BCUT2D eigenvalue weighted by Crippen LogP contribution is -2.27. The molecule has 2 atom stereocenters. The molecule has 0 spiro atoms. The second kappa shape index (κ2) is 9.74. The summed E-state index contributed by atoms with van der Waals surface area (Å²) in [4.78, 5) is 0. The molecule has 14 heavy (non-hydrogen) atoms. The third-order valence-corrected chi connectivity index (χ3v) is 2.11. The lowest BCUT2D eigenvalue weighted by Gasteiger charge is -2.16. The number of ether oxygens (including phenoxy) is 2. The molecule has 0 aromatic rings. The van der Waals surface area contributed by atoms with Gasteiger partial charge in [-0.2, -0.15) is 0 Å². The van der Waals surface area contributed by atoms with Crippen LogP contribution >= 0.6 is 23.2 Å². The highest BCUT2D eigenvalue weighted by Crippen LogP contribution is 1.99. The van der Waals surface area contributed by atoms with Crippen molar-refractivity contribution in [1.82, 2.24) is 0 Å². The van der Waals surface area contributed by atoms with Gasteiger partial charge in [-0.25, -0.2) is 0 Å². The summed E-state index contributed by atoms with van der Waals surface area (Å²) in [6.07, 6.45) is 0.787. The van der Waals surface area contributed by atoms with Gasteiger partial charge in [0.15, 0.2) is 0 Å². The number of hydrogen-bond acceptors (Lipinski definition) is 3. The average Bonchev–Trinajstić information content (AvgIpc) is 2.22. The van der Waals surface area contributed by atoms with Gasteiger partial charge in [-0.1, -0.05) is 6.08 Å². The van der Waals surface area contributed by atoms with Crippen LogP contribution in [0.15, 0.2) is 12.7 Å². The summed E-state index contributed by atoms with van der Waals surface area (Å²) in [5.41, 5.74) is 0. The predicted octanol–water partition coefficient (Wildman–Crippen LogP) is 1.41. The Morgan fingerprint density at radius 3 is 2.50 bits per heavy atom. The molecule has 0 aromatic heterocycles. The van der Waals surface area contributed by atoms with E-state index in [1.54, 1.807) is 6.08 Å². The van der Waals surface area contributed by atoms with Gasteiger partial charge in [-0.15, -0.1) is 29.8 Å². The quantitative estimate of drug-likeness (QED) is 0.378. The first-order valence-electron chi connectivity index (χ1n) is 4.34. The van der Waals surface area contributed by atoms with Gasteiger partial charge < -0.3 is 14.6 Å². The first-order valence-corrected chi connectivity index (χ1v) is 5.41. The Labute approximate surface area is 94.6 Å². The minimum Gasteiger partial charge on any atom is -0.389 e. The van der Waals surface area contributed by atoms with Crippen LogP contribution in [0.1, 0.15) is 0 Å². The zero-order valence-electron chi connectivity index (χ0n) is 7.99. The molecule has 5 heteroatoms. The highest BCUT2D eigenvalue weighted by atomic mass is 35.5. The van der Waals surface area contributed by atoms with Gasteiger partial charge in [0.1, 0.15) is 0 Å². The highest BCUT2D eigenvalue weighted by molar-refractivity contribution is 6.18. The molecule has 0 heterocycles. The summed E-state index contributed by atoms with van der Waals surface area (Å²) in [6.45, 7) is 4.55. The van der Waals surface area contributed by atoms with Crippen molar-refractivity contribution in [3.63, 3.8) is 0 Å². The van der Waals surface area contributed by atoms with Crippen LogP contribution in [0.4, 0.5) is 0 Å². The first kappa shape index (κ1) is 14.2. The van der Waals surface area contributed by atoms with Crippen molar-refractivity contribution in [2.45, 2.75) is 12.2 Å². The summed E-state index contributed by atoms with van der Waals surface area (Å²) < 4.78 is 10.4.